The number of aromatic nitrogens is 1. The third kappa shape index (κ3) is 8.89. The first-order valence-electron chi connectivity index (χ1n) is 9.33. The number of aliphatic imine (C=N–C) groups is 1. The number of guanidine groups is 1. The lowest BCUT2D eigenvalue weighted by molar-refractivity contribution is -0.154. The van der Waals surface area contributed by atoms with Crippen LogP contribution in [0.3, 0.4) is 0 Å². The van der Waals surface area contributed by atoms with Gasteiger partial charge in [-0.05, 0) is 42.8 Å². The molecule has 0 spiro atoms. The lowest BCUT2D eigenvalue weighted by Gasteiger charge is -2.12. The van der Waals surface area contributed by atoms with Crippen LogP contribution in [-0.2, 0) is 6.54 Å². The molecule has 0 fully saturated rings. The molecule has 10 heteroatoms. The molecule has 1 heterocycles. The van der Waals surface area contributed by atoms with Gasteiger partial charge in [0.25, 0.3) is 0 Å². The fraction of sp³-hybridized carbons (Fsp3) is 0.400. The fourth-order valence-electron chi connectivity index (χ4n) is 2.31. The fourth-order valence-corrected chi connectivity index (χ4v) is 2.31. The first kappa shape index (κ1) is 23.1. The Balaban J connectivity index is 1.83. The van der Waals surface area contributed by atoms with Crippen molar-refractivity contribution in [3.05, 3.63) is 48.2 Å². The van der Waals surface area contributed by atoms with E-state index in [0.29, 0.717) is 31.2 Å². The van der Waals surface area contributed by atoms with Crippen molar-refractivity contribution in [2.75, 3.05) is 33.4 Å². The van der Waals surface area contributed by atoms with Gasteiger partial charge in [0, 0.05) is 18.8 Å². The van der Waals surface area contributed by atoms with Crippen molar-refractivity contribution < 1.29 is 27.4 Å². The van der Waals surface area contributed by atoms with E-state index >= 15 is 0 Å². The van der Waals surface area contributed by atoms with E-state index in [-0.39, 0.29) is 12.4 Å². The number of alkyl halides is 3. The predicted octanol–water partition coefficient (Wildman–Crippen LogP) is 3.17. The van der Waals surface area contributed by atoms with Crippen LogP contribution in [-0.4, -0.2) is 50.5 Å². The number of hydrogen-bond donors (Lipinski definition) is 2. The third-order valence-electron chi connectivity index (χ3n) is 3.67. The van der Waals surface area contributed by atoms with Crippen LogP contribution in [0.15, 0.2) is 47.6 Å². The molecule has 1 aromatic carbocycles. The molecule has 0 saturated carbocycles. The summed E-state index contributed by atoms with van der Waals surface area (Å²) in [6.07, 6.45) is -3.02. The predicted molar refractivity (Wildman–Crippen MR) is 107 cm³/mol. The smallest absolute Gasteiger partial charge is 0.422 e. The molecule has 0 saturated heterocycles. The molecule has 0 aliphatic rings. The topological polar surface area (TPSA) is 77.0 Å². The van der Waals surface area contributed by atoms with Crippen molar-refractivity contribution in [3.63, 3.8) is 0 Å². The van der Waals surface area contributed by atoms with Crippen molar-refractivity contribution >= 4 is 5.96 Å². The summed E-state index contributed by atoms with van der Waals surface area (Å²) in [4.78, 5) is 8.20. The van der Waals surface area contributed by atoms with E-state index in [9.17, 15) is 13.2 Å². The molecule has 7 nitrogen and oxygen atoms in total. The van der Waals surface area contributed by atoms with Gasteiger partial charge in [-0.25, -0.2) is 9.98 Å². The monoisotopic (exact) mass is 426 g/mol. The number of benzene rings is 1. The van der Waals surface area contributed by atoms with Crippen LogP contribution in [0.1, 0.15) is 12.5 Å². The molecule has 0 aliphatic carbocycles. The zero-order valence-corrected chi connectivity index (χ0v) is 16.8. The van der Waals surface area contributed by atoms with Gasteiger partial charge in [0.1, 0.15) is 18.1 Å². The van der Waals surface area contributed by atoms with E-state index < -0.39 is 12.8 Å². The Morgan fingerprint density at radius 1 is 1.07 bits per heavy atom. The molecule has 1 aromatic heterocycles. The van der Waals surface area contributed by atoms with Crippen LogP contribution in [0, 0.1) is 0 Å². The second-order valence-corrected chi connectivity index (χ2v) is 6.05. The van der Waals surface area contributed by atoms with Crippen LogP contribution >= 0.6 is 0 Å². The summed E-state index contributed by atoms with van der Waals surface area (Å²) in [7, 11) is 1.60. The van der Waals surface area contributed by atoms with Gasteiger partial charge in [-0.3, -0.25) is 0 Å². The molecule has 0 aliphatic heterocycles. The molecule has 30 heavy (non-hydrogen) atoms. The van der Waals surface area contributed by atoms with E-state index in [2.05, 4.69) is 25.3 Å². The number of nitrogens with zero attached hydrogens (tertiary/aromatic N) is 2. The van der Waals surface area contributed by atoms with Gasteiger partial charge in [-0.2, -0.15) is 13.2 Å². The van der Waals surface area contributed by atoms with Gasteiger partial charge in [0.05, 0.1) is 20.2 Å². The number of halogens is 3. The minimum absolute atomic E-state index is 0.0918. The van der Waals surface area contributed by atoms with Gasteiger partial charge in [-0.1, -0.05) is 0 Å². The van der Waals surface area contributed by atoms with Crippen molar-refractivity contribution in [3.8, 4) is 17.4 Å². The summed E-state index contributed by atoms with van der Waals surface area (Å²) >= 11 is 0. The Kier molecular flexibility index (Phi) is 9.04. The molecule has 164 valence electrons. The highest BCUT2D eigenvalue weighted by Gasteiger charge is 2.28. The summed E-state index contributed by atoms with van der Waals surface area (Å²) in [5.74, 6) is 1.95. The van der Waals surface area contributed by atoms with Crippen LogP contribution in [0.25, 0.3) is 0 Å². The van der Waals surface area contributed by atoms with Crippen molar-refractivity contribution in [2.24, 2.45) is 4.99 Å². The number of ether oxygens (including phenoxy) is 3. The maximum absolute atomic E-state index is 12.3. The first-order valence-corrected chi connectivity index (χ1v) is 9.33. The highest BCUT2D eigenvalue weighted by atomic mass is 19.4. The Labute approximate surface area is 173 Å². The van der Waals surface area contributed by atoms with Gasteiger partial charge < -0.3 is 24.8 Å². The normalized spacial score (nSPS) is 11.7. The van der Waals surface area contributed by atoms with E-state index in [0.717, 1.165) is 11.5 Å². The van der Waals surface area contributed by atoms with Crippen molar-refractivity contribution in [1.29, 1.82) is 0 Å². The quantitative estimate of drug-likeness (QED) is 0.345. The zero-order chi connectivity index (χ0) is 21.8. The second kappa shape index (κ2) is 11.7. The summed E-state index contributed by atoms with van der Waals surface area (Å²) in [6.45, 7) is 2.38. The Hall–Kier alpha value is -3.17. The highest BCUT2D eigenvalue weighted by Crippen LogP contribution is 2.18. The molecule has 2 N–H and O–H groups in total. The van der Waals surface area contributed by atoms with Gasteiger partial charge in [0.15, 0.2) is 12.6 Å². The summed E-state index contributed by atoms with van der Waals surface area (Å²) < 4.78 is 52.2. The van der Waals surface area contributed by atoms with E-state index in [1.807, 2.05) is 31.2 Å². The molecule has 0 radical (unpaired) electrons. The second-order valence-electron chi connectivity index (χ2n) is 6.05. The van der Waals surface area contributed by atoms with E-state index in [1.165, 1.54) is 12.3 Å². The SMILES string of the molecule is CCNC(=NCc1ccnc(OCC(F)(F)F)c1)NCCOc1ccc(OC)cc1. The number of rotatable bonds is 10. The highest BCUT2D eigenvalue weighted by molar-refractivity contribution is 5.79. The summed E-state index contributed by atoms with van der Waals surface area (Å²) in [6, 6.07) is 10.4. The maximum atomic E-state index is 12.3. The van der Waals surface area contributed by atoms with Gasteiger partial charge >= 0.3 is 6.18 Å². The molecule has 0 bridgehead atoms. The average Bonchev–Trinajstić information content (AvgIpc) is 2.73. The van der Waals surface area contributed by atoms with Crippen LogP contribution in [0.5, 0.6) is 17.4 Å². The molecular weight excluding hydrogens is 401 g/mol. The van der Waals surface area contributed by atoms with Crippen molar-refractivity contribution in [2.45, 2.75) is 19.6 Å². The average molecular weight is 426 g/mol. The molecule has 0 amide bonds. The molecule has 2 aromatic rings. The standard InChI is InChI=1S/C20H25F3N4O3/c1-3-24-19(26-10-11-29-17-6-4-16(28-2)5-7-17)27-13-15-8-9-25-18(12-15)30-14-20(21,22)23/h4-9,12H,3,10-11,13-14H2,1-2H3,(H2,24,26,27). The van der Waals surface area contributed by atoms with Crippen LogP contribution in [0.4, 0.5) is 13.2 Å². The Morgan fingerprint density at radius 2 is 1.80 bits per heavy atom. The Bertz CT molecular complexity index is 799. The lowest BCUT2D eigenvalue weighted by Crippen LogP contribution is -2.39. The van der Waals surface area contributed by atoms with E-state index in [1.54, 1.807) is 13.2 Å². The van der Waals surface area contributed by atoms with Gasteiger partial charge in [0.2, 0.25) is 5.88 Å². The zero-order valence-electron chi connectivity index (χ0n) is 16.8. The number of hydrogen-bond acceptors (Lipinski definition) is 5. The minimum Gasteiger partial charge on any atom is -0.497 e. The number of methoxy groups -OCH3 is 1. The summed E-state index contributed by atoms with van der Waals surface area (Å²) in [5.41, 5.74) is 0.675. The van der Waals surface area contributed by atoms with Gasteiger partial charge in [-0.15, -0.1) is 0 Å². The number of pyridine rings is 1. The largest absolute Gasteiger partial charge is 0.497 e. The minimum atomic E-state index is -4.41. The summed E-state index contributed by atoms with van der Waals surface area (Å²) in [5, 5.41) is 6.23. The molecule has 2 rings (SSSR count). The first-order chi connectivity index (χ1) is 14.4. The maximum Gasteiger partial charge on any atom is 0.422 e. The van der Waals surface area contributed by atoms with Crippen molar-refractivity contribution in [1.82, 2.24) is 15.6 Å². The number of nitrogens with one attached hydrogen (secondary N) is 2. The van der Waals surface area contributed by atoms with E-state index in [4.69, 9.17) is 9.47 Å². The lowest BCUT2D eigenvalue weighted by atomic mass is 10.3. The molecule has 0 unspecified atom stereocenters. The van der Waals surface area contributed by atoms with Crippen LogP contribution < -0.4 is 24.8 Å². The third-order valence-corrected chi connectivity index (χ3v) is 3.67. The van der Waals surface area contributed by atoms with Crippen LogP contribution in [0.2, 0.25) is 0 Å². The molecular formula is C20H25F3N4O3. The Morgan fingerprint density at radius 3 is 2.47 bits per heavy atom. The molecule has 0 atom stereocenters.